The van der Waals surface area contributed by atoms with Crippen LogP contribution in [0.4, 0.5) is 11.4 Å². The van der Waals surface area contributed by atoms with Crippen molar-refractivity contribution >= 4 is 22.9 Å². The number of quaternary nitrogens is 2. The molecule has 0 bridgehead atoms. The van der Waals surface area contributed by atoms with Crippen molar-refractivity contribution < 1.29 is 14.6 Å². The fourth-order valence-corrected chi connectivity index (χ4v) is 4.48. The van der Waals surface area contributed by atoms with Gasteiger partial charge in [0.2, 0.25) is 0 Å². The summed E-state index contributed by atoms with van der Waals surface area (Å²) >= 11 is 0. The minimum Gasteiger partial charge on any atom is -0.360 e. The highest BCUT2D eigenvalue weighted by Crippen LogP contribution is 2.19. The summed E-state index contributed by atoms with van der Waals surface area (Å²) in [5, 5.41) is 3.08. The molecule has 3 N–H and O–H groups in total. The summed E-state index contributed by atoms with van der Waals surface area (Å²) in [7, 11) is 0. The average Bonchev–Trinajstić information content (AvgIpc) is 2.81. The number of amides is 1. The Morgan fingerprint density at radius 1 is 0.967 bits per heavy atom. The van der Waals surface area contributed by atoms with Gasteiger partial charge < -0.3 is 20.0 Å². The molecule has 158 valence electrons. The maximum atomic E-state index is 12.5. The van der Waals surface area contributed by atoms with Crippen molar-refractivity contribution in [2.24, 2.45) is 0 Å². The summed E-state index contributed by atoms with van der Waals surface area (Å²) in [5.41, 5.74) is 4.84. The van der Waals surface area contributed by atoms with Crippen LogP contribution in [-0.2, 0) is 4.79 Å². The molecule has 30 heavy (non-hydrogen) atoms. The van der Waals surface area contributed by atoms with Crippen LogP contribution in [0.3, 0.4) is 0 Å². The quantitative estimate of drug-likeness (QED) is 0.662. The Hall–Kier alpha value is -2.63. The van der Waals surface area contributed by atoms with Crippen LogP contribution < -0.4 is 20.0 Å². The van der Waals surface area contributed by atoms with Crippen LogP contribution in [0.25, 0.3) is 5.57 Å². The number of anilines is 2. The highest BCUT2D eigenvalue weighted by atomic mass is 16.2. The molecule has 0 spiro atoms. The molecule has 1 unspecified atom stereocenters. The standard InChI is InChI=1S/C25H32N4O/c1-2-27-16-18-29(19-17-27)24-10-8-23(9-11-24)26-25(30)20-28-14-12-22(13-15-28)21-6-4-3-5-7-21/h3-12H,2,13-20H2,1H3,(H,26,30)/p+2. The predicted molar refractivity (Wildman–Crippen MR) is 123 cm³/mol. The van der Waals surface area contributed by atoms with E-state index in [0.717, 1.165) is 38.3 Å². The Morgan fingerprint density at radius 3 is 2.33 bits per heavy atom. The highest BCUT2D eigenvalue weighted by Gasteiger charge is 2.20. The third-order valence-corrected chi connectivity index (χ3v) is 6.43. The molecule has 2 heterocycles. The molecule has 5 nitrogen and oxygen atoms in total. The third-order valence-electron chi connectivity index (χ3n) is 6.43. The number of hydrogen-bond acceptors (Lipinski definition) is 2. The van der Waals surface area contributed by atoms with Crippen molar-refractivity contribution in [1.29, 1.82) is 0 Å². The predicted octanol–water partition coefficient (Wildman–Crippen LogP) is 0.722. The Morgan fingerprint density at radius 2 is 1.70 bits per heavy atom. The van der Waals surface area contributed by atoms with Gasteiger partial charge in [0, 0.05) is 17.8 Å². The molecule has 2 aromatic carbocycles. The van der Waals surface area contributed by atoms with Crippen LogP contribution in [0, 0.1) is 0 Å². The molecule has 0 radical (unpaired) electrons. The molecule has 1 fully saturated rings. The van der Waals surface area contributed by atoms with Gasteiger partial charge in [-0.15, -0.1) is 0 Å². The molecule has 5 heteroatoms. The van der Waals surface area contributed by atoms with Gasteiger partial charge in [0.1, 0.15) is 0 Å². The van der Waals surface area contributed by atoms with E-state index in [1.807, 2.05) is 12.1 Å². The molecular weight excluding hydrogens is 372 g/mol. The molecule has 0 aliphatic carbocycles. The summed E-state index contributed by atoms with van der Waals surface area (Å²) in [5.74, 6) is 0.0921. The molecule has 0 aromatic heterocycles. The Balaban J connectivity index is 1.25. The van der Waals surface area contributed by atoms with E-state index >= 15 is 0 Å². The number of carbonyl (C=O) groups is 1. The number of nitrogens with one attached hydrogen (secondary N) is 3. The van der Waals surface area contributed by atoms with E-state index in [1.54, 1.807) is 4.90 Å². The minimum atomic E-state index is 0.0921. The van der Waals surface area contributed by atoms with Gasteiger partial charge in [-0.25, -0.2) is 0 Å². The second kappa shape index (κ2) is 9.92. The van der Waals surface area contributed by atoms with E-state index in [2.05, 4.69) is 65.7 Å². The minimum absolute atomic E-state index is 0.0921. The average molecular weight is 407 g/mol. The van der Waals surface area contributed by atoms with E-state index in [4.69, 9.17) is 0 Å². The van der Waals surface area contributed by atoms with Crippen LogP contribution in [0.15, 0.2) is 60.7 Å². The second-order valence-corrected chi connectivity index (χ2v) is 8.41. The Bertz CT molecular complexity index is 854. The van der Waals surface area contributed by atoms with Gasteiger partial charge in [0.05, 0.1) is 45.8 Å². The number of carbonyl (C=O) groups excluding carboxylic acids is 1. The molecule has 2 aliphatic rings. The van der Waals surface area contributed by atoms with E-state index in [9.17, 15) is 4.79 Å². The fourth-order valence-electron chi connectivity index (χ4n) is 4.48. The largest absolute Gasteiger partial charge is 0.360 e. The normalized spacial score (nSPS) is 20.0. The highest BCUT2D eigenvalue weighted by molar-refractivity contribution is 5.91. The van der Waals surface area contributed by atoms with Gasteiger partial charge in [-0.3, -0.25) is 4.79 Å². The lowest BCUT2D eigenvalue weighted by Crippen LogP contribution is -3.14. The van der Waals surface area contributed by atoms with Gasteiger partial charge >= 0.3 is 0 Å². The van der Waals surface area contributed by atoms with Gasteiger partial charge in [-0.2, -0.15) is 0 Å². The molecule has 2 aliphatic heterocycles. The third kappa shape index (κ3) is 5.29. The summed E-state index contributed by atoms with van der Waals surface area (Å²) in [4.78, 5) is 18.0. The zero-order chi connectivity index (χ0) is 20.8. The van der Waals surface area contributed by atoms with Crippen LogP contribution in [0.1, 0.15) is 18.9 Å². The SMILES string of the molecule is CC[NH+]1CCN(c2ccc(NC(=O)C[NH+]3CC=C(c4ccccc4)CC3)cc2)CC1. The monoisotopic (exact) mass is 406 g/mol. The Kier molecular flexibility index (Phi) is 6.82. The zero-order valence-corrected chi connectivity index (χ0v) is 18.0. The van der Waals surface area contributed by atoms with Crippen molar-refractivity contribution in [2.75, 3.05) is 62.6 Å². The van der Waals surface area contributed by atoms with Crippen molar-refractivity contribution in [1.82, 2.24) is 0 Å². The fraction of sp³-hybridized carbons (Fsp3) is 0.400. The molecule has 1 amide bonds. The summed E-state index contributed by atoms with van der Waals surface area (Å²) < 4.78 is 0. The summed E-state index contributed by atoms with van der Waals surface area (Å²) in [6.45, 7) is 10.5. The Labute approximate surface area is 180 Å². The van der Waals surface area contributed by atoms with E-state index in [1.165, 1.54) is 41.4 Å². The maximum Gasteiger partial charge on any atom is 0.279 e. The molecular formula is C25H34N4O+2. The number of piperazine rings is 1. The van der Waals surface area contributed by atoms with E-state index in [0.29, 0.717) is 6.54 Å². The van der Waals surface area contributed by atoms with Gasteiger partial charge in [0.15, 0.2) is 6.54 Å². The number of nitrogens with zero attached hydrogens (tertiary/aromatic N) is 1. The molecule has 1 saturated heterocycles. The van der Waals surface area contributed by atoms with Crippen LogP contribution >= 0.6 is 0 Å². The lowest BCUT2D eigenvalue weighted by Gasteiger charge is -2.33. The number of hydrogen-bond donors (Lipinski definition) is 3. The molecule has 0 saturated carbocycles. The van der Waals surface area contributed by atoms with Crippen LogP contribution in [-0.4, -0.2) is 58.3 Å². The number of benzene rings is 2. The van der Waals surface area contributed by atoms with Crippen LogP contribution in [0.2, 0.25) is 0 Å². The lowest BCUT2D eigenvalue weighted by atomic mass is 10.00. The van der Waals surface area contributed by atoms with Crippen LogP contribution in [0.5, 0.6) is 0 Å². The zero-order valence-electron chi connectivity index (χ0n) is 18.0. The lowest BCUT2D eigenvalue weighted by molar-refractivity contribution is -0.898. The van der Waals surface area contributed by atoms with E-state index in [-0.39, 0.29) is 5.91 Å². The molecule has 1 atom stereocenters. The topological polar surface area (TPSA) is 41.2 Å². The van der Waals surface area contributed by atoms with Gasteiger partial charge in [-0.1, -0.05) is 30.3 Å². The van der Waals surface area contributed by atoms with Crippen molar-refractivity contribution in [3.05, 3.63) is 66.2 Å². The van der Waals surface area contributed by atoms with Gasteiger partial charge in [0.25, 0.3) is 5.91 Å². The van der Waals surface area contributed by atoms with Crippen molar-refractivity contribution in [3.8, 4) is 0 Å². The second-order valence-electron chi connectivity index (χ2n) is 8.41. The maximum absolute atomic E-state index is 12.5. The summed E-state index contributed by atoms with van der Waals surface area (Å²) in [6, 6.07) is 18.9. The van der Waals surface area contributed by atoms with Crippen molar-refractivity contribution in [2.45, 2.75) is 13.3 Å². The van der Waals surface area contributed by atoms with E-state index < -0.39 is 0 Å². The van der Waals surface area contributed by atoms with Crippen molar-refractivity contribution in [3.63, 3.8) is 0 Å². The first-order chi connectivity index (χ1) is 14.7. The molecule has 4 rings (SSSR count). The molecule has 2 aromatic rings. The first-order valence-electron chi connectivity index (χ1n) is 11.3. The first-order valence-corrected chi connectivity index (χ1v) is 11.3. The summed E-state index contributed by atoms with van der Waals surface area (Å²) in [6.07, 6.45) is 3.31. The smallest absolute Gasteiger partial charge is 0.279 e. The number of rotatable bonds is 6. The first kappa shape index (κ1) is 20.6. The number of likely N-dealkylation sites (N-methyl/N-ethyl adjacent to an activating group) is 1. The van der Waals surface area contributed by atoms with Gasteiger partial charge in [-0.05, 0) is 48.4 Å².